The van der Waals surface area contributed by atoms with Crippen molar-refractivity contribution in [3.05, 3.63) is 69.8 Å². The number of phenols is 1. The molecule has 3 aromatic rings. The van der Waals surface area contributed by atoms with Gasteiger partial charge in [0.2, 0.25) is 0 Å². The number of hydrogen-bond donors (Lipinski definition) is 1. The maximum atomic E-state index is 9.50. The SMILES string of the molecule is Oc1cc(Cl)c(Cc2ccc3ccccc3n2)cc1Cl. The number of rotatable bonds is 2. The van der Waals surface area contributed by atoms with Crippen molar-refractivity contribution in [1.82, 2.24) is 4.98 Å². The van der Waals surface area contributed by atoms with Gasteiger partial charge in [-0.1, -0.05) is 47.5 Å². The van der Waals surface area contributed by atoms with Crippen LogP contribution in [0.2, 0.25) is 10.0 Å². The van der Waals surface area contributed by atoms with E-state index in [1.807, 2.05) is 36.4 Å². The summed E-state index contributed by atoms with van der Waals surface area (Å²) in [7, 11) is 0. The Kier molecular flexibility index (Phi) is 3.51. The molecule has 0 spiro atoms. The van der Waals surface area contributed by atoms with Crippen molar-refractivity contribution in [2.45, 2.75) is 6.42 Å². The summed E-state index contributed by atoms with van der Waals surface area (Å²) >= 11 is 12.0. The Labute approximate surface area is 126 Å². The van der Waals surface area contributed by atoms with Crippen LogP contribution in [0.25, 0.3) is 10.9 Å². The second kappa shape index (κ2) is 5.31. The molecule has 1 aromatic heterocycles. The molecule has 2 nitrogen and oxygen atoms in total. The van der Waals surface area contributed by atoms with E-state index in [4.69, 9.17) is 23.2 Å². The van der Waals surface area contributed by atoms with Gasteiger partial charge < -0.3 is 5.11 Å². The fourth-order valence-corrected chi connectivity index (χ4v) is 2.53. The highest BCUT2D eigenvalue weighted by Crippen LogP contribution is 2.31. The number of pyridine rings is 1. The van der Waals surface area contributed by atoms with Crippen LogP contribution in [0.5, 0.6) is 5.75 Å². The number of hydrogen-bond acceptors (Lipinski definition) is 2. The molecule has 100 valence electrons. The first-order valence-corrected chi connectivity index (χ1v) is 6.90. The lowest BCUT2D eigenvalue weighted by molar-refractivity contribution is 0.475. The zero-order chi connectivity index (χ0) is 14.1. The molecular weight excluding hydrogens is 293 g/mol. The Morgan fingerprint density at radius 1 is 0.950 bits per heavy atom. The quantitative estimate of drug-likeness (QED) is 0.735. The Morgan fingerprint density at radius 3 is 2.60 bits per heavy atom. The number of aromatic nitrogens is 1. The van der Waals surface area contributed by atoms with Crippen molar-refractivity contribution < 1.29 is 5.11 Å². The predicted octanol–water partition coefficient (Wildman–Crippen LogP) is 4.84. The molecular formula is C16H11Cl2NO. The third-order valence-corrected chi connectivity index (χ3v) is 3.80. The van der Waals surface area contributed by atoms with E-state index in [2.05, 4.69) is 4.98 Å². The van der Waals surface area contributed by atoms with Crippen LogP contribution in [0.15, 0.2) is 48.5 Å². The van der Waals surface area contributed by atoms with Crippen LogP contribution in [0.3, 0.4) is 0 Å². The number of aromatic hydroxyl groups is 1. The van der Waals surface area contributed by atoms with Crippen molar-refractivity contribution in [2.75, 3.05) is 0 Å². The third-order valence-electron chi connectivity index (χ3n) is 3.14. The topological polar surface area (TPSA) is 33.1 Å². The van der Waals surface area contributed by atoms with E-state index >= 15 is 0 Å². The summed E-state index contributed by atoms with van der Waals surface area (Å²) in [6.07, 6.45) is 0.573. The van der Waals surface area contributed by atoms with E-state index in [1.54, 1.807) is 6.07 Å². The molecule has 0 saturated heterocycles. The minimum absolute atomic E-state index is 0.00751. The molecule has 0 amide bonds. The second-order valence-electron chi connectivity index (χ2n) is 4.57. The molecule has 0 bridgehead atoms. The highest BCUT2D eigenvalue weighted by Gasteiger charge is 2.08. The molecule has 20 heavy (non-hydrogen) atoms. The summed E-state index contributed by atoms with van der Waals surface area (Å²) in [5.41, 5.74) is 2.70. The highest BCUT2D eigenvalue weighted by atomic mass is 35.5. The standard InChI is InChI=1S/C16H11Cl2NO/c17-13-9-16(20)14(18)8-11(13)7-12-6-5-10-3-1-2-4-15(10)19-12/h1-6,8-9,20H,7H2. The average Bonchev–Trinajstić information content (AvgIpc) is 2.44. The van der Waals surface area contributed by atoms with Gasteiger partial charge in [-0.15, -0.1) is 0 Å². The van der Waals surface area contributed by atoms with Gasteiger partial charge in [0.1, 0.15) is 5.75 Å². The van der Waals surface area contributed by atoms with E-state index < -0.39 is 0 Å². The van der Waals surface area contributed by atoms with Crippen molar-refractivity contribution in [3.8, 4) is 5.75 Å². The van der Waals surface area contributed by atoms with E-state index in [0.29, 0.717) is 16.5 Å². The van der Waals surface area contributed by atoms with Crippen molar-refractivity contribution >= 4 is 34.1 Å². The molecule has 0 aliphatic rings. The van der Waals surface area contributed by atoms with E-state index in [-0.39, 0.29) is 5.75 Å². The zero-order valence-corrected chi connectivity index (χ0v) is 12.0. The van der Waals surface area contributed by atoms with Gasteiger partial charge in [0, 0.05) is 28.6 Å². The van der Waals surface area contributed by atoms with Gasteiger partial charge in [-0.25, -0.2) is 0 Å². The predicted molar refractivity (Wildman–Crippen MR) is 82.7 cm³/mol. The lowest BCUT2D eigenvalue weighted by atomic mass is 10.1. The highest BCUT2D eigenvalue weighted by molar-refractivity contribution is 6.34. The fourth-order valence-electron chi connectivity index (χ4n) is 2.11. The molecule has 0 radical (unpaired) electrons. The molecule has 0 aliphatic carbocycles. The van der Waals surface area contributed by atoms with E-state index in [1.165, 1.54) is 6.07 Å². The summed E-state index contributed by atoms with van der Waals surface area (Å²) < 4.78 is 0. The smallest absolute Gasteiger partial charge is 0.135 e. The first-order chi connectivity index (χ1) is 9.63. The molecule has 1 heterocycles. The molecule has 1 N–H and O–H groups in total. The van der Waals surface area contributed by atoms with Gasteiger partial charge >= 0.3 is 0 Å². The van der Waals surface area contributed by atoms with E-state index in [9.17, 15) is 5.11 Å². The monoisotopic (exact) mass is 303 g/mol. The van der Waals surface area contributed by atoms with Crippen molar-refractivity contribution in [2.24, 2.45) is 0 Å². The van der Waals surface area contributed by atoms with Crippen LogP contribution in [0.1, 0.15) is 11.3 Å². The molecule has 0 atom stereocenters. The Morgan fingerprint density at radius 2 is 1.75 bits per heavy atom. The number of fused-ring (bicyclic) bond motifs is 1. The van der Waals surface area contributed by atoms with Crippen LogP contribution in [0.4, 0.5) is 0 Å². The van der Waals surface area contributed by atoms with Gasteiger partial charge in [0.15, 0.2) is 0 Å². The molecule has 3 rings (SSSR count). The van der Waals surface area contributed by atoms with Gasteiger partial charge in [0.25, 0.3) is 0 Å². The van der Waals surface area contributed by atoms with E-state index in [0.717, 1.165) is 22.2 Å². The van der Waals surface area contributed by atoms with Crippen LogP contribution in [0, 0.1) is 0 Å². The number of benzene rings is 2. The summed E-state index contributed by atoms with van der Waals surface area (Å²) in [6.45, 7) is 0. The van der Waals surface area contributed by atoms with Crippen LogP contribution in [-0.2, 0) is 6.42 Å². The lowest BCUT2D eigenvalue weighted by Gasteiger charge is -2.07. The normalized spacial score (nSPS) is 10.9. The molecule has 0 aliphatic heterocycles. The van der Waals surface area contributed by atoms with Gasteiger partial charge in [-0.2, -0.15) is 0 Å². The Hall–Kier alpha value is -1.77. The largest absolute Gasteiger partial charge is 0.506 e. The maximum Gasteiger partial charge on any atom is 0.135 e. The maximum absolute atomic E-state index is 9.50. The number of phenolic OH excluding ortho intramolecular Hbond substituents is 1. The lowest BCUT2D eigenvalue weighted by Crippen LogP contribution is -1.94. The summed E-state index contributed by atoms with van der Waals surface area (Å²) in [5, 5.41) is 11.4. The summed E-state index contributed by atoms with van der Waals surface area (Å²) in [5.74, 6) is -0.00751. The minimum Gasteiger partial charge on any atom is -0.506 e. The number of nitrogens with zero attached hydrogens (tertiary/aromatic N) is 1. The number of para-hydroxylation sites is 1. The summed E-state index contributed by atoms with van der Waals surface area (Å²) in [4.78, 5) is 4.60. The van der Waals surface area contributed by atoms with Crippen molar-refractivity contribution in [3.63, 3.8) is 0 Å². The van der Waals surface area contributed by atoms with Gasteiger partial charge in [-0.05, 0) is 23.8 Å². The average molecular weight is 304 g/mol. The molecule has 0 fully saturated rings. The van der Waals surface area contributed by atoms with Crippen LogP contribution >= 0.6 is 23.2 Å². The van der Waals surface area contributed by atoms with Crippen LogP contribution < -0.4 is 0 Å². The Bertz CT molecular complexity index is 787. The van der Waals surface area contributed by atoms with Crippen LogP contribution in [-0.4, -0.2) is 10.1 Å². The first kappa shape index (κ1) is 13.2. The second-order valence-corrected chi connectivity index (χ2v) is 5.38. The molecule has 0 saturated carbocycles. The Balaban J connectivity index is 1.99. The number of halogens is 2. The molecule has 0 unspecified atom stereocenters. The fraction of sp³-hybridized carbons (Fsp3) is 0.0625. The minimum atomic E-state index is -0.00751. The summed E-state index contributed by atoms with van der Waals surface area (Å²) in [6, 6.07) is 15.1. The zero-order valence-electron chi connectivity index (χ0n) is 10.5. The van der Waals surface area contributed by atoms with Crippen molar-refractivity contribution in [1.29, 1.82) is 0 Å². The van der Waals surface area contributed by atoms with Gasteiger partial charge in [0.05, 0.1) is 10.5 Å². The first-order valence-electron chi connectivity index (χ1n) is 6.15. The molecule has 4 heteroatoms. The van der Waals surface area contributed by atoms with Gasteiger partial charge in [-0.3, -0.25) is 4.98 Å². The molecule has 2 aromatic carbocycles. The third kappa shape index (κ3) is 2.58.